The third-order valence-corrected chi connectivity index (χ3v) is 7.86. The first-order valence-corrected chi connectivity index (χ1v) is 12.6. The van der Waals surface area contributed by atoms with E-state index in [0.717, 1.165) is 0 Å². The summed E-state index contributed by atoms with van der Waals surface area (Å²) in [4.78, 5) is 21.5. The van der Waals surface area contributed by atoms with Crippen LogP contribution in [0, 0.1) is 5.82 Å². The molecule has 1 amide bonds. The van der Waals surface area contributed by atoms with Gasteiger partial charge in [-0.15, -0.1) is 0 Å². The van der Waals surface area contributed by atoms with Crippen molar-refractivity contribution in [3.05, 3.63) is 78.6 Å². The predicted octanol–water partition coefficient (Wildman–Crippen LogP) is 2.30. The molecule has 5 heterocycles. The highest BCUT2D eigenvalue weighted by atomic mass is 32.2. The Morgan fingerprint density at radius 3 is 2.81 bits per heavy atom. The standard InChI is InChI=1S/C23H19FN8O4S/c1-30-13-16(9-26-30)37(34,35)31-11-15(12-31)23-28-21(29-36-23)14-5-6-17(24)18(8-14)27-22(33)19-10-25-20-4-2-3-7-32(19)20/h2-10,13,15H,11-12H2,1H3,(H,27,33). The number of pyridine rings is 1. The van der Waals surface area contributed by atoms with E-state index in [0.29, 0.717) is 11.2 Å². The summed E-state index contributed by atoms with van der Waals surface area (Å²) in [6.45, 7) is 0.367. The second kappa shape index (κ2) is 8.60. The Hall–Kier alpha value is -4.43. The second-order valence-corrected chi connectivity index (χ2v) is 10.5. The first-order valence-electron chi connectivity index (χ1n) is 11.2. The van der Waals surface area contributed by atoms with Gasteiger partial charge in [-0.05, 0) is 30.3 Å². The van der Waals surface area contributed by atoms with Gasteiger partial charge in [0.15, 0.2) is 0 Å². The maximum Gasteiger partial charge on any atom is 0.274 e. The highest BCUT2D eigenvalue weighted by molar-refractivity contribution is 7.89. The van der Waals surface area contributed by atoms with Gasteiger partial charge in [0.05, 0.1) is 24.0 Å². The maximum absolute atomic E-state index is 14.5. The SMILES string of the molecule is Cn1cc(S(=O)(=O)N2CC(c3nc(-c4ccc(F)c(NC(=O)c5cnc6ccccn56)c4)no3)C2)cn1. The monoisotopic (exact) mass is 522 g/mol. The average molecular weight is 523 g/mol. The number of sulfonamides is 1. The van der Waals surface area contributed by atoms with Crippen LogP contribution < -0.4 is 5.32 Å². The zero-order valence-electron chi connectivity index (χ0n) is 19.3. The van der Waals surface area contributed by atoms with Gasteiger partial charge in [0.25, 0.3) is 5.91 Å². The minimum atomic E-state index is -3.65. The molecule has 0 saturated carbocycles. The largest absolute Gasteiger partial charge is 0.339 e. The number of hydrogen-bond donors (Lipinski definition) is 1. The zero-order valence-corrected chi connectivity index (χ0v) is 20.1. The molecule has 0 atom stereocenters. The quantitative estimate of drug-likeness (QED) is 0.358. The van der Waals surface area contributed by atoms with Crippen molar-refractivity contribution in [2.45, 2.75) is 10.8 Å². The van der Waals surface area contributed by atoms with Gasteiger partial charge in [-0.2, -0.15) is 14.4 Å². The van der Waals surface area contributed by atoms with Gasteiger partial charge in [0.1, 0.15) is 22.1 Å². The lowest BCUT2D eigenvalue weighted by Crippen LogP contribution is -2.48. The van der Waals surface area contributed by atoms with Crippen LogP contribution in [0.3, 0.4) is 0 Å². The van der Waals surface area contributed by atoms with Gasteiger partial charge in [-0.1, -0.05) is 11.2 Å². The van der Waals surface area contributed by atoms with E-state index in [1.807, 2.05) is 0 Å². The number of carbonyl (C=O) groups is 1. The summed E-state index contributed by atoms with van der Waals surface area (Å²) in [6.07, 6.45) is 5.84. The Bertz CT molecular complexity index is 1750. The Labute approximate surface area is 209 Å². The molecule has 1 aliphatic rings. The molecular weight excluding hydrogens is 503 g/mol. The molecule has 4 aromatic heterocycles. The molecule has 0 aliphatic carbocycles. The molecule has 1 N–H and O–H groups in total. The second-order valence-electron chi connectivity index (χ2n) is 8.55. The molecule has 0 spiro atoms. The fourth-order valence-corrected chi connectivity index (χ4v) is 5.55. The van der Waals surface area contributed by atoms with E-state index in [2.05, 4.69) is 25.5 Å². The number of rotatable bonds is 6. The minimum absolute atomic E-state index is 0.0582. The fraction of sp³-hybridized carbons (Fsp3) is 0.174. The van der Waals surface area contributed by atoms with Gasteiger partial charge in [0.2, 0.25) is 21.7 Å². The summed E-state index contributed by atoms with van der Waals surface area (Å²) >= 11 is 0. The molecule has 5 aromatic rings. The van der Waals surface area contributed by atoms with Gasteiger partial charge in [0, 0.05) is 38.1 Å². The molecule has 0 unspecified atom stereocenters. The van der Waals surface area contributed by atoms with Crippen LogP contribution in [0.5, 0.6) is 0 Å². The summed E-state index contributed by atoms with van der Waals surface area (Å²) in [7, 11) is -2.01. The predicted molar refractivity (Wildman–Crippen MR) is 128 cm³/mol. The van der Waals surface area contributed by atoms with Gasteiger partial charge < -0.3 is 9.84 Å². The number of aromatic nitrogens is 6. The van der Waals surface area contributed by atoms with E-state index >= 15 is 0 Å². The van der Waals surface area contributed by atoms with Crippen molar-refractivity contribution in [2.75, 3.05) is 18.4 Å². The number of benzene rings is 1. The van der Waals surface area contributed by atoms with E-state index in [1.54, 1.807) is 35.8 Å². The first kappa shape index (κ1) is 23.0. The summed E-state index contributed by atoms with van der Waals surface area (Å²) in [5.74, 6) is -0.984. The van der Waals surface area contributed by atoms with Crippen LogP contribution in [0.2, 0.25) is 0 Å². The molecule has 1 aliphatic heterocycles. The highest BCUT2D eigenvalue weighted by Gasteiger charge is 2.41. The molecular formula is C23H19FN8O4S. The molecule has 188 valence electrons. The number of imidazole rings is 1. The number of fused-ring (bicyclic) bond motifs is 1. The number of aryl methyl sites for hydroxylation is 1. The van der Waals surface area contributed by atoms with Crippen molar-refractivity contribution in [2.24, 2.45) is 7.05 Å². The van der Waals surface area contributed by atoms with Crippen LogP contribution in [0.4, 0.5) is 10.1 Å². The number of amides is 1. The number of hydrogen-bond acceptors (Lipinski definition) is 8. The molecule has 37 heavy (non-hydrogen) atoms. The molecule has 6 rings (SSSR count). The van der Waals surface area contributed by atoms with Gasteiger partial charge >= 0.3 is 0 Å². The minimum Gasteiger partial charge on any atom is -0.339 e. The van der Waals surface area contributed by atoms with E-state index in [-0.39, 0.29) is 47.0 Å². The lowest BCUT2D eigenvalue weighted by molar-refractivity contribution is 0.102. The van der Waals surface area contributed by atoms with Crippen LogP contribution in [-0.2, 0) is 17.1 Å². The van der Waals surface area contributed by atoms with Crippen molar-refractivity contribution in [1.29, 1.82) is 0 Å². The Kier molecular flexibility index (Phi) is 5.35. The molecule has 0 bridgehead atoms. The summed E-state index contributed by atoms with van der Waals surface area (Å²) in [5.41, 5.74) is 1.20. The molecule has 1 fully saturated rings. The van der Waals surface area contributed by atoms with Crippen LogP contribution in [0.1, 0.15) is 22.3 Å². The smallest absolute Gasteiger partial charge is 0.274 e. The fourth-order valence-electron chi connectivity index (χ4n) is 4.04. The van der Waals surface area contributed by atoms with Crippen LogP contribution in [0.15, 0.2) is 70.6 Å². The highest BCUT2D eigenvalue weighted by Crippen LogP contribution is 2.32. The summed E-state index contributed by atoms with van der Waals surface area (Å²) in [5, 5.41) is 10.4. The Balaban J connectivity index is 1.17. The van der Waals surface area contributed by atoms with E-state index in [4.69, 9.17) is 4.52 Å². The van der Waals surface area contributed by atoms with Crippen molar-refractivity contribution < 1.29 is 22.1 Å². The molecule has 1 aromatic carbocycles. The Morgan fingerprint density at radius 2 is 2.03 bits per heavy atom. The third-order valence-electron chi connectivity index (χ3n) is 6.08. The number of anilines is 1. The first-order chi connectivity index (χ1) is 17.8. The lowest BCUT2D eigenvalue weighted by atomic mass is 10.0. The van der Waals surface area contributed by atoms with Gasteiger partial charge in [-0.3, -0.25) is 13.9 Å². The normalized spacial score (nSPS) is 14.6. The lowest BCUT2D eigenvalue weighted by Gasteiger charge is -2.35. The number of nitrogens with one attached hydrogen (secondary N) is 1. The number of nitrogens with zero attached hydrogens (tertiary/aromatic N) is 7. The van der Waals surface area contributed by atoms with E-state index < -0.39 is 21.7 Å². The molecule has 12 nitrogen and oxygen atoms in total. The van der Waals surface area contributed by atoms with Crippen molar-refractivity contribution in [3.63, 3.8) is 0 Å². The number of halogens is 1. The molecule has 0 radical (unpaired) electrons. The number of carbonyl (C=O) groups excluding carboxylic acids is 1. The van der Waals surface area contributed by atoms with Crippen molar-refractivity contribution >= 4 is 27.3 Å². The summed E-state index contributed by atoms with van der Waals surface area (Å²) < 4.78 is 49.6. The maximum atomic E-state index is 14.5. The van der Waals surface area contributed by atoms with E-state index in [9.17, 15) is 17.6 Å². The average Bonchev–Trinajstić information content (AvgIpc) is 3.59. The topological polar surface area (TPSA) is 141 Å². The van der Waals surface area contributed by atoms with E-state index in [1.165, 1.54) is 45.8 Å². The zero-order chi connectivity index (χ0) is 25.7. The third kappa shape index (κ3) is 4.05. The van der Waals surface area contributed by atoms with Crippen LogP contribution in [-0.4, -0.2) is 61.0 Å². The van der Waals surface area contributed by atoms with Crippen LogP contribution in [0.25, 0.3) is 17.0 Å². The summed E-state index contributed by atoms with van der Waals surface area (Å²) in [6, 6.07) is 9.38. The van der Waals surface area contributed by atoms with Crippen LogP contribution >= 0.6 is 0 Å². The Morgan fingerprint density at radius 1 is 1.19 bits per heavy atom. The molecule has 1 saturated heterocycles. The van der Waals surface area contributed by atoms with Crippen molar-refractivity contribution in [1.82, 2.24) is 33.6 Å². The van der Waals surface area contributed by atoms with Crippen molar-refractivity contribution in [3.8, 4) is 11.4 Å². The molecule has 14 heteroatoms. The van der Waals surface area contributed by atoms with Gasteiger partial charge in [-0.25, -0.2) is 17.8 Å².